The van der Waals surface area contributed by atoms with Gasteiger partial charge in [0, 0.05) is 32.2 Å². The standard InChI is InChI=1S/C16H22F4N2O/c1-2-3-4-14(22-9-7-21-8-10-22)12-5-6-15(13(17)11-12)23-16(18,19)20/h5-6,11,14,21H,2-4,7-10H2,1H3/t14-/m0/s1. The third kappa shape index (κ3) is 5.35. The fourth-order valence-corrected chi connectivity index (χ4v) is 2.88. The van der Waals surface area contributed by atoms with E-state index in [9.17, 15) is 17.6 Å². The maximum absolute atomic E-state index is 14.0. The first kappa shape index (κ1) is 18.0. The summed E-state index contributed by atoms with van der Waals surface area (Å²) in [4.78, 5) is 2.26. The normalized spacial score (nSPS) is 18.0. The zero-order chi connectivity index (χ0) is 16.9. The molecule has 1 aromatic carbocycles. The minimum atomic E-state index is -4.89. The molecule has 1 aliphatic rings. The van der Waals surface area contributed by atoms with Crippen LogP contribution in [0.3, 0.4) is 0 Å². The lowest BCUT2D eigenvalue weighted by atomic mass is 9.98. The van der Waals surface area contributed by atoms with Gasteiger partial charge < -0.3 is 10.1 Å². The van der Waals surface area contributed by atoms with Crippen LogP contribution in [0.5, 0.6) is 5.75 Å². The molecule has 130 valence electrons. The summed E-state index contributed by atoms with van der Waals surface area (Å²) in [6.07, 6.45) is -2.03. The average molecular weight is 334 g/mol. The van der Waals surface area contributed by atoms with Crippen LogP contribution in [0.4, 0.5) is 17.6 Å². The van der Waals surface area contributed by atoms with Gasteiger partial charge in [-0.1, -0.05) is 25.8 Å². The third-order valence-corrected chi connectivity index (χ3v) is 3.99. The first-order valence-corrected chi connectivity index (χ1v) is 7.90. The summed E-state index contributed by atoms with van der Waals surface area (Å²) in [5, 5.41) is 3.26. The maximum Gasteiger partial charge on any atom is 0.573 e. The highest BCUT2D eigenvalue weighted by molar-refractivity contribution is 5.31. The number of alkyl halides is 3. The molecular weight excluding hydrogens is 312 g/mol. The molecule has 7 heteroatoms. The van der Waals surface area contributed by atoms with Crippen molar-refractivity contribution in [2.45, 2.75) is 38.6 Å². The Labute approximate surface area is 133 Å². The van der Waals surface area contributed by atoms with Crippen LogP contribution < -0.4 is 10.1 Å². The summed E-state index contributed by atoms with van der Waals surface area (Å²) < 4.78 is 54.4. The molecule has 1 saturated heterocycles. The molecule has 0 radical (unpaired) electrons. The Bertz CT molecular complexity index is 501. The van der Waals surface area contributed by atoms with Crippen LogP contribution in [0.2, 0.25) is 0 Å². The molecule has 0 saturated carbocycles. The molecule has 0 aliphatic carbocycles. The van der Waals surface area contributed by atoms with Crippen LogP contribution in [0.1, 0.15) is 37.8 Å². The topological polar surface area (TPSA) is 24.5 Å². The van der Waals surface area contributed by atoms with Crippen molar-refractivity contribution >= 4 is 0 Å². The third-order valence-electron chi connectivity index (χ3n) is 3.99. The molecule has 1 N–H and O–H groups in total. The van der Waals surface area contributed by atoms with Gasteiger partial charge in [-0.3, -0.25) is 4.90 Å². The number of ether oxygens (including phenoxy) is 1. The minimum absolute atomic E-state index is 0.0199. The molecule has 1 heterocycles. The molecule has 1 fully saturated rings. The number of piperazine rings is 1. The Morgan fingerprint density at radius 3 is 2.52 bits per heavy atom. The van der Waals surface area contributed by atoms with Crippen LogP contribution >= 0.6 is 0 Å². The Balaban J connectivity index is 2.18. The van der Waals surface area contributed by atoms with Crippen LogP contribution in [0.15, 0.2) is 18.2 Å². The monoisotopic (exact) mass is 334 g/mol. The number of rotatable bonds is 6. The fraction of sp³-hybridized carbons (Fsp3) is 0.625. The van der Waals surface area contributed by atoms with Crippen LogP contribution in [-0.4, -0.2) is 37.4 Å². The number of halogens is 4. The molecule has 1 aliphatic heterocycles. The van der Waals surface area contributed by atoms with E-state index in [0.29, 0.717) is 5.56 Å². The number of hydrogen-bond acceptors (Lipinski definition) is 3. The lowest BCUT2D eigenvalue weighted by molar-refractivity contribution is -0.275. The second-order valence-electron chi connectivity index (χ2n) is 5.68. The van der Waals surface area contributed by atoms with Gasteiger partial charge in [-0.05, 0) is 24.1 Å². The molecule has 0 amide bonds. The summed E-state index contributed by atoms with van der Waals surface area (Å²) in [5.74, 6) is -1.76. The van der Waals surface area contributed by atoms with E-state index in [2.05, 4.69) is 21.9 Å². The van der Waals surface area contributed by atoms with Gasteiger partial charge in [0.1, 0.15) is 0 Å². The van der Waals surface area contributed by atoms with Crippen LogP contribution in [0.25, 0.3) is 0 Å². The van der Waals surface area contributed by atoms with Crippen LogP contribution in [0, 0.1) is 5.82 Å². The largest absolute Gasteiger partial charge is 0.573 e. The van der Waals surface area contributed by atoms with E-state index in [4.69, 9.17) is 0 Å². The predicted octanol–water partition coefficient (Wildman–Crippen LogP) is 3.86. The molecule has 0 bridgehead atoms. The Hall–Kier alpha value is -1.34. The van der Waals surface area contributed by atoms with E-state index in [1.165, 1.54) is 12.1 Å². The smallest absolute Gasteiger partial charge is 0.403 e. The van der Waals surface area contributed by atoms with Crippen molar-refractivity contribution in [2.75, 3.05) is 26.2 Å². The van der Waals surface area contributed by atoms with E-state index in [1.807, 2.05) is 0 Å². The van der Waals surface area contributed by atoms with Crippen molar-refractivity contribution in [3.8, 4) is 5.75 Å². The summed E-state index contributed by atoms with van der Waals surface area (Å²) in [7, 11) is 0. The van der Waals surface area contributed by atoms with Crippen molar-refractivity contribution in [2.24, 2.45) is 0 Å². The first-order chi connectivity index (χ1) is 10.9. The molecule has 3 nitrogen and oxygen atoms in total. The highest BCUT2D eigenvalue weighted by atomic mass is 19.4. The highest BCUT2D eigenvalue weighted by Gasteiger charge is 2.32. The number of nitrogens with zero attached hydrogens (tertiary/aromatic N) is 1. The molecule has 23 heavy (non-hydrogen) atoms. The number of nitrogens with one attached hydrogen (secondary N) is 1. The minimum Gasteiger partial charge on any atom is -0.403 e. The van der Waals surface area contributed by atoms with Gasteiger partial charge in [0.25, 0.3) is 0 Å². The van der Waals surface area contributed by atoms with Crippen molar-refractivity contribution in [1.29, 1.82) is 0 Å². The van der Waals surface area contributed by atoms with E-state index in [1.54, 1.807) is 0 Å². The van der Waals surface area contributed by atoms with E-state index in [0.717, 1.165) is 51.5 Å². The second kappa shape index (κ2) is 7.97. The van der Waals surface area contributed by atoms with Gasteiger partial charge in [0.15, 0.2) is 11.6 Å². The van der Waals surface area contributed by atoms with Gasteiger partial charge >= 0.3 is 6.36 Å². The van der Waals surface area contributed by atoms with E-state index in [-0.39, 0.29) is 6.04 Å². The molecule has 1 atom stereocenters. The number of unbranched alkanes of at least 4 members (excludes halogenated alkanes) is 1. The number of benzene rings is 1. The molecule has 0 unspecified atom stereocenters. The van der Waals surface area contributed by atoms with Gasteiger partial charge in [0.2, 0.25) is 0 Å². The molecular formula is C16H22F4N2O. The summed E-state index contributed by atoms with van der Waals surface area (Å²) in [6.45, 7) is 5.49. The van der Waals surface area contributed by atoms with Gasteiger partial charge in [-0.2, -0.15) is 0 Å². The fourth-order valence-electron chi connectivity index (χ4n) is 2.88. The molecule has 2 rings (SSSR count). The zero-order valence-electron chi connectivity index (χ0n) is 13.1. The SMILES string of the molecule is CCCC[C@@H](c1ccc(OC(F)(F)F)c(F)c1)N1CCNCC1. The number of hydrogen-bond donors (Lipinski definition) is 1. The van der Waals surface area contributed by atoms with E-state index < -0.39 is 17.9 Å². The van der Waals surface area contributed by atoms with Crippen molar-refractivity contribution < 1.29 is 22.3 Å². The zero-order valence-corrected chi connectivity index (χ0v) is 13.1. The van der Waals surface area contributed by atoms with E-state index >= 15 is 0 Å². The Morgan fingerprint density at radius 2 is 1.96 bits per heavy atom. The maximum atomic E-state index is 14.0. The first-order valence-electron chi connectivity index (χ1n) is 7.90. The Morgan fingerprint density at radius 1 is 1.26 bits per heavy atom. The van der Waals surface area contributed by atoms with Gasteiger partial charge in [-0.25, -0.2) is 4.39 Å². The van der Waals surface area contributed by atoms with Crippen molar-refractivity contribution in [3.05, 3.63) is 29.6 Å². The summed E-state index contributed by atoms with van der Waals surface area (Å²) in [5.41, 5.74) is 0.701. The van der Waals surface area contributed by atoms with Crippen molar-refractivity contribution in [3.63, 3.8) is 0 Å². The van der Waals surface area contributed by atoms with Crippen molar-refractivity contribution in [1.82, 2.24) is 10.2 Å². The lowest BCUT2D eigenvalue weighted by Crippen LogP contribution is -2.45. The average Bonchev–Trinajstić information content (AvgIpc) is 2.50. The van der Waals surface area contributed by atoms with Crippen LogP contribution in [-0.2, 0) is 0 Å². The summed E-state index contributed by atoms with van der Waals surface area (Å²) in [6, 6.07) is 3.79. The van der Waals surface area contributed by atoms with Gasteiger partial charge in [0.05, 0.1) is 0 Å². The molecule has 0 aromatic heterocycles. The Kier molecular flexibility index (Phi) is 6.24. The molecule has 0 spiro atoms. The predicted molar refractivity (Wildman–Crippen MR) is 79.8 cm³/mol. The highest BCUT2D eigenvalue weighted by Crippen LogP contribution is 2.32. The quantitative estimate of drug-likeness (QED) is 0.800. The summed E-state index contributed by atoms with van der Waals surface area (Å²) >= 11 is 0. The molecule has 1 aromatic rings. The van der Waals surface area contributed by atoms with Gasteiger partial charge in [-0.15, -0.1) is 13.2 Å². The second-order valence-corrected chi connectivity index (χ2v) is 5.68. The lowest BCUT2D eigenvalue weighted by Gasteiger charge is -2.35.